The summed E-state index contributed by atoms with van der Waals surface area (Å²) in [7, 11) is 0. The molecule has 0 fully saturated rings. The van der Waals surface area contributed by atoms with Crippen LogP contribution < -0.4 is 0 Å². The van der Waals surface area contributed by atoms with Gasteiger partial charge in [-0.2, -0.15) is 0 Å². The van der Waals surface area contributed by atoms with Crippen molar-refractivity contribution in [2.45, 2.75) is 24.8 Å². The number of hydrogen-bond donors (Lipinski definition) is 0. The molecule has 1 aliphatic carbocycles. The molecule has 1 heterocycles. The van der Waals surface area contributed by atoms with Crippen LogP contribution in [0, 0.1) is 5.82 Å². The van der Waals surface area contributed by atoms with Gasteiger partial charge in [0.1, 0.15) is 11.3 Å². The van der Waals surface area contributed by atoms with Gasteiger partial charge < -0.3 is 4.57 Å². The molecule has 0 atom stereocenters. The number of hydrogen-bond acceptors (Lipinski definition) is 1. The quantitative estimate of drug-likeness (QED) is 0.647. The van der Waals surface area contributed by atoms with Gasteiger partial charge in [-0.15, -0.1) is 11.6 Å². The summed E-state index contributed by atoms with van der Waals surface area (Å²) in [5, 5.41) is 0. The zero-order valence-electron chi connectivity index (χ0n) is 11.4. The van der Waals surface area contributed by atoms with E-state index >= 15 is 0 Å². The summed E-state index contributed by atoms with van der Waals surface area (Å²) in [5.74, 6) is 0.753. The first-order chi connectivity index (χ1) is 10.3. The number of fused-ring (bicyclic) bond motifs is 2. The molecule has 0 unspecified atom stereocenters. The molecule has 2 aromatic carbocycles. The van der Waals surface area contributed by atoms with Gasteiger partial charge in [-0.3, -0.25) is 0 Å². The average Bonchev–Trinajstić information content (AvgIpc) is 3.08. The van der Waals surface area contributed by atoms with Crippen LogP contribution in [0.5, 0.6) is 0 Å². The Morgan fingerprint density at radius 2 is 1.81 bits per heavy atom. The van der Waals surface area contributed by atoms with Gasteiger partial charge in [-0.1, -0.05) is 30.3 Å². The van der Waals surface area contributed by atoms with Crippen LogP contribution in [0.4, 0.5) is 4.39 Å². The molecule has 1 aromatic heterocycles. The van der Waals surface area contributed by atoms with Crippen molar-refractivity contribution in [3.63, 3.8) is 0 Å². The van der Waals surface area contributed by atoms with Crippen LogP contribution in [0.3, 0.4) is 0 Å². The molecule has 1 aliphatic rings. The Bertz CT molecular complexity index is 800. The molecule has 0 bridgehead atoms. The molecule has 2 nitrogen and oxygen atoms in total. The second-order valence-electron chi connectivity index (χ2n) is 5.47. The lowest BCUT2D eigenvalue weighted by Crippen LogP contribution is -2.11. The molecule has 21 heavy (non-hydrogen) atoms. The molecule has 0 aliphatic heterocycles. The number of benzene rings is 2. The molecule has 0 saturated heterocycles. The normalized spacial score (nSPS) is 14.8. The highest BCUT2D eigenvalue weighted by Gasteiger charge is 2.26. The van der Waals surface area contributed by atoms with Gasteiger partial charge in [-0.05, 0) is 36.1 Å². The van der Waals surface area contributed by atoms with Crippen LogP contribution in [0.1, 0.15) is 23.0 Å². The van der Waals surface area contributed by atoms with Gasteiger partial charge in [0.25, 0.3) is 0 Å². The summed E-state index contributed by atoms with van der Waals surface area (Å²) in [5.41, 5.74) is 3.98. The highest BCUT2D eigenvalue weighted by Crippen LogP contribution is 2.34. The van der Waals surface area contributed by atoms with Crippen molar-refractivity contribution in [1.82, 2.24) is 9.55 Å². The second kappa shape index (κ2) is 4.85. The summed E-state index contributed by atoms with van der Waals surface area (Å²) >= 11 is 6.04. The Kier molecular flexibility index (Phi) is 2.96. The van der Waals surface area contributed by atoms with E-state index in [0.717, 1.165) is 24.2 Å². The van der Waals surface area contributed by atoms with Crippen molar-refractivity contribution in [3.05, 3.63) is 65.2 Å². The van der Waals surface area contributed by atoms with Gasteiger partial charge in [-0.25, -0.2) is 9.37 Å². The lowest BCUT2D eigenvalue weighted by molar-refractivity contribution is 0.528. The average molecular weight is 301 g/mol. The molecular formula is C17H14ClFN2. The first kappa shape index (κ1) is 12.8. The molecule has 4 heteroatoms. The van der Waals surface area contributed by atoms with Gasteiger partial charge in [0.15, 0.2) is 5.82 Å². The molecule has 4 rings (SSSR count). The Morgan fingerprint density at radius 1 is 1.10 bits per heavy atom. The fraction of sp³-hybridized carbons (Fsp3) is 0.235. The third-order valence-corrected chi connectivity index (χ3v) is 4.50. The van der Waals surface area contributed by atoms with Crippen LogP contribution in [-0.4, -0.2) is 9.55 Å². The minimum absolute atomic E-state index is 0.267. The molecule has 0 radical (unpaired) electrons. The number of halogens is 2. The van der Waals surface area contributed by atoms with Gasteiger partial charge in [0.2, 0.25) is 0 Å². The summed E-state index contributed by atoms with van der Waals surface area (Å²) < 4.78 is 16.1. The number of aromatic nitrogens is 2. The first-order valence-electron chi connectivity index (χ1n) is 7.06. The monoisotopic (exact) mass is 300 g/mol. The minimum atomic E-state index is -0.284. The summed E-state index contributed by atoms with van der Waals surface area (Å²) in [6.07, 6.45) is 1.89. The topological polar surface area (TPSA) is 17.8 Å². The number of para-hydroxylation sites is 1. The van der Waals surface area contributed by atoms with E-state index < -0.39 is 0 Å². The maximum Gasteiger partial charge on any atom is 0.151 e. The van der Waals surface area contributed by atoms with E-state index in [-0.39, 0.29) is 11.9 Å². The SMILES string of the molecule is Fc1cccc2c1nc(CCl)n2C1Cc2ccccc2C1. The lowest BCUT2D eigenvalue weighted by atomic mass is 10.1. The summed E-state index contributed by atoms with van der Waals surface area (Å²) in [4.78, 5) is 4.39. The fourth-order valence-electron chi connectivity index (χ4n) is 3.35. The predicted octanol–water partition coefficient (Wildman–Crippen LogP) is 4.25. The largest absolute Gasteiger partial charge is 0.323 e. The predicted molar refractivity (Wildman–Crippen MR) is 82.1 cm³/mol. The second-order valence-corrected chi connectivity index (χ2v) is 5.74. The van der Waals surface area contributed by atoms with Crippen LogP contribution in [0.2, 0.25) is 0 Å². The first-order valence-corrected chi connectivity index (χ1v) is 7.59. The van der Waals surface area contributed by atoms with E-state index in [1.807, 2.05) is 6.07 Å². The van der Waals surface area contributed by atoms with Crippen molar-refractivity contribution < 1.29 is 4.39 Å². The molecule has 0 spiro atoms. The van der Waals surface area contributed by atoms with E-state index in [0.29, 0.717) is 11.4 Å². The van der Waals surface area contributed by atoms with Crippen LogP contribution in [-0.2, 0) is 18.7 Å². The van der Waals surface area contributed by atoms with Gasteiger partial charge in [0, 0.05) is 6.04 Å². The lowest BCUT2D eigenvalue weighted by Gasteiger charge is -2.15. The molecule has 0 N–H and O–H groups in total. The van der Waals surface area contributed by atoms with E-state index in [4.69, 9.17) is 11.6 Å². The highest BCUT2D eigenvalue weighted by atomic mass is 35.5. The standard InChI is InChI=1S/C17H14ClFN2/c18-10-16-20-17-14(19)6-3-7-15(17)21(16)13-8-11-4-1-2-5-12(11)9-13/h1-7,13H,8-10H2. The summed E-state index contributed by atoms with van der Waals surface area (Å²) in [6, 6.07) is 13.8. The van der Waals surface area contributed by atoms with E-state index in [1.54, 1.807) is 6.07 Å². The Hall–Kier alpha value is -1.87. The molecular weight excluding hydrogens is 287 g/mol. The minimum Gasteiger partial charge on any atom is -0.323 e. The third kappa shape index (κ3) is 1.95. The maximum absolute atomic E-state index is 13.9. The smallest absolute Gasteiger partial charge is 0.151 e. The fourth-order valence-corrected chi connectivity index (χ4v) is 3.54. The van der Waals surface area contributed by atoms with E-state index in [9.17, 15) is 4.39 Å². The zero-order chi connectivity index (χ0) is 14.4. The summed E-state index contributed by atoms with van der Waals surface area (Å²) in [6.45, 7) is 0. The van der Waals surface area contributed by atoms with Crippen molar-refractivity contribution in [2.24, 2.45) is 0 Å². The number of imidazole rings is 1. The molecule has 0 amide bonds. The Morgan fingerprint density at radius 3 is 2.48 bits per heavy atom. The van der Waals surface area contributed by atoms with Crippen molar-refractivity contribution in [1.29, 1.82) is 0 Å². The molecule has 0 saturated carbocycles. The van der Waals surface area contributed by atoms with Crippen molar-refractivity contribution in [3.8, 4) is 0 Å². The molecule has 106 valence electrons. The number of nitrogens with zero attached hydrogens (tertiary/aromatic N) is 2. The van der Waals surface area contributed by atoms with E-state index in [1.165, 1.54) is 17.2 Å². The third-order valence-electron chi connectivity index (χ3n) is 4.26. The zero-order valence-corrected chi connectivity index (χ0v) is 12.1. The van der Waals surface area contributed by atoms with Gasteiger partial charge in [0.05, 0.1) is 11.4 Å². The van der Waals surface area contributed by atoms with E-state index in [2.05, 4.69) is 33.8 Å². The van der Waals surface area contributed by atoms with Crippen molar-refractivity contribution in [2.75, 3.05) is 0 Å². The maximum atomic E-state index is 13.9. The number of rotatable bonds is 2. The van der Waals surface area contributed by atoms with Crippen molar-refractivity contribution >= 4 is 22.6 Å². The molecule has 3 aromatic rings. The van der Waals surface area contributed by atoms with Crippen LogP contribution >= 0.6 is 11.6 Å². The van der Waals surface area contributed by atoms with Gasteiger partial charge >= 0.3 is 0 Å². The van der Waals surface area contributed by atoms with Crippen LogP contribution in [0.15, 0.2) is 42.5 Å². The number of alkyl halides is 1. The Balaban J connectivity index is 1.86. The Labute approximate surface area is 127 Å². The highest BCUT2D eigenvalue weighted by molar-refractivity contribution is 6.16. The van der Waals surface area contributed by atoms with Crippen LogP contribution in [0.25, 0.3) is 11.0 Å².